The van der Waals surface area contributed by atoms with Gasteiger partial charge in [-0.15, -0.1) is 0 Å². The molecule has 0 aromatic heterocycles. The van der Waals surface area contributed by atoms with Crippen molar-refractivity contribution in [2.45, 2.75) is 97.5 Å². The average molecular weight is 445 g/mol. The first-order valence-electron chi connectivity index (χ1n) is 12.3. The zero-order chi connectivity index (χ0) is 23.9. The molecule has 180 valence electrons. The van der Waals surface area contributed by atoms with E-state index >= 15 is 0 Å². The van der Waals surface area contributed by atoms with Crippen LogP contribution in [0, 0.1) is 0 Å². The van der Waals surface area contributed by atoms with Crippen LogP contribution < -0.4 is 0 Å². The first-order valence-corrected chi connectivity index (χ1v) is 12.3. The lowest BCUT2D eigenvalue weighted by Gasteiger charge is -2.07. The molecule has 0 N–H and O–H groups in total. The number of ether oxygens (including phenoxy) is 2. The second-order valence-electron chi connectivity index (χ2n) is 7.95. The van der Waals surface area contributed by atoms with Gasteiger partial charge < -0.3 is 9.47 Å². The molecule has 1 rings (SSSR count). The van der Waals surface area contributed by atoms with Crippen LogP contribution in [0.4, 0.5) is 0 Å². The SMILES string of the molecule is C=CC(=O)OCCCCCCCCCCCC.CCC(C)OC(=O)/C=C\c1ccccc1. The quantitative estimate of drug-likeness (QED) is 0.149. The molecular weight excluding hydrogens is 400 g/mol. The molecule has 1 atom stereocenters. The summed E-state index contributed by atoms with van der Waals surface area (Å²) in [4.78, 5) is 22.0. The fourth-order valence-corrected chi connectivity index (χ4v) is 2.87. The van der Waals surface area contributed by atoms with Crippen molar-refractivity contribution in [1.82, 2.24) is 0 Å². The van der Waals surface area contributed by atoms with Gasteiger partial charge in [-0.05, 0) is 31.4 Å². The number of hydrogen-bond acceptors (Lipinski definition) is 4. The maximum atomic E-state index is 11.3. The van der Waals surface area contributed by atoms with Gasteiger partial charge >= 0.3 is 11.9 Å². The van der Waals surface area contributed by atoms with Gasteiger partial charge in [0.2, 0.25) is 0 Å². The van der Waals surface area contributed by atoms with Gasteiger partial charge in [0.05, 0.1) is 12.7 Å². The van der Waals surface area contributed by atoms with E-state index in [0.29, 0.717) is 6.61 Å². The fraction of sp³-hybridized carbons (Fsp3) is 0.571. The van der Waals surface area contributed by atoms with Gasteiger partial charge in [-0.2, -0.15) is 0 Å². The smallest absolute Gasteiger partial charge is 0.331 e. The first kappa shape index (κ1) is 29.6. The minimum atomic E-state index is -0.305. The molecule has 1 unspecified atom stereocenters. The monoisotopic (exact) mass is 444 g/mol. The molecule has 0 aliphatic heterocycles. The molecule has 0 saturated heterocycles. The Morgan fingerprint density at radius 1 is 0.875 bits per heavy atom. The molecule has 0 aliphatic rings. The van der Waals surface area contributed by atoms with Crippen LogP contribution in [0.5, 0.6) is 0 Å². The minimum Gasteiger partial charge on any atom is -0.463 e. The summed E-state index contributed by atoms with van der Waals surface area (Å²) in [7, 11) is 0. The molecule has 0 radical (unpaired) electrons. The fourth-order valence-electron chi connectivity index (χ4n) is 2.87. The van der Waals surface area contributed by atoms with Gasteiger partial charge in [-0.1, -0.05) is 109 Å². The lowest BCUT2D eigenvalue weighted by atomic mass is 10.1. The summed E-state index contributed by atoms with van der Waals surface area (Å²) in [5.41, 5.74) is 0.999. The van der Waals surface area contributed by atoms with Crippen molar-refractivity contribution in [3.63, 3.8) is 0 Å². The summed E-state index contributed by atoms with van der Waals surface area (Å²) >= 11 is 0. The second kappa shape index (κ2) is 21.9. The Morgan fingerprint density at radius 3 is 1.97 bits per heavy atom. The lowest BCUT2D eigenvalue weighted by Crippen LogP contribution is -2.11. The highest BCUT2D eigenvalue weighted by atomic mass is 16.5. The van der Waals surface area contributed by atoms with Crippen molar-refractivity contribution in [2.75, 3.05) is 6.61 Å². The molecule has 0 bridgehead atoms. The molecule has 1 aromatic rings. The van der Waals surface area contributed by atoms with E-state index in [1.165, 1.54) is 69.9 Å². The lowest BCUT2D eigenvalue weighted by molar-refractivity contribution is -0.142. The second-order valence-corrected chi connectivity index (χ2v) is 7.95. The zero-order valence-electron chi connectivity index (χ0n) is 20.5. The van der Waals surface area contributed by atoms with E-state index < -0.39 is 0 Å². The third-order valence-corrected chi connectivity index (χ3v) is 5.01. The van der Waals surface area contributed by atoms with Crippen molar-refractivity contribution >= 4 is 18.0 Å². The van der Waals surface area contributed by atoms with Crippen LogP contribution in [-0.2, 0) is 19.1 Å². The Bertz CT molecular complexity index is 622. The Labute approximate surface area is 196 Å². The molecule has 4 heteroatoms. The molecule has 1 aromatic carbocycles. The topological polar surface area (TPSA) is 52.6 Å². The predicted octanol–water partition coefficient (Wildman–Crippen LogP) is 7.68. The highest BCUT2D eigenvalue weighted by molar-refractivity contribution is 5.87. The summed E-state index contributed by atoms with van der Waals surface area (Å²) in [5, 5.41) is 0. The maximum absolute atomic E-state index is 11.3. The third kappa shape index (κ3) is 19.6. The summed E-state index contributed by atoms with van der Waals surface area (Å²) in [6, 6.07) is 9.67. The van der Waals surface area contributed by atoms with Crippen LogP contribution in [0.15, 0.2) is 49.1 Å². The third-order valence-electron chi connectivity index (χ3n) is 5.01. The van der Waals surface area contributed by atoms with E-state index in [4.69, 9.17) is 9.47 Å². The van der Waals surface area contributed by atoms with Crippen molar-refractivity contribution in [1.29, 1.82) is 0 Å². The molecule has 0 saturated carbocycles. The van der Waals surface area contributed by atoms with Crippen LogP contribution in [0.2, 0.25) is 0 Å². The highest BCUT2D eigenvalue weighted by Gasteiger charge is 2.02. The highest BCUT2D eigenvalue weighted by Crippen LogP contribution is 2.10. The van der Waals surface area contributed by atoms with Crippen molar-refractivity contribution < 1.29 is 19.1 Å². The van der Waals surface area contributed by atoms with Gasteiger partial charge in [-0.3, -0.25) is 0 Å². The molecule has 0 heterocycles. The maximum Gasteiger partial charge on any atom is 0.331 e. The van der Waals surface area contributed by atoms with Crippen molar-refractivity contribution in [3.05, 3.63) is 54.6 Å². The Kier molecular flexibility index (Phi) is 20.2. The van der Waals surface area contributed by atoms with Crippen LogP contribution in [0.1, 0.15) is 97.0 Å². The predicted molar refractivity (Wildman–Crippen MR) is 134 cm³/mol. The standard InChI is InChI=1S/C15H28O2.C13H16O2/c1-3-5-6-7-8-9-10-11-12-13-14-17-15(16)4-2;1-3-11(2)15-13(14)10-9-12-7-5-4-6-8-12/h4H,2-3,5-14H2,1H3;4-11H,3H2,1-2H3/b;10-9-. The van der Waals surface area contributed by atoms with E-state index in [9.17, 15) is 9.59 Å². The van der Waals surface area contributed by atoms with Gasteiger partial charge in [0.1, 0.15) is 0 Å². The normalized spacial score (nSPS) is 11.3. The van der Waals surface area contributed by atoms with E-state index in [2.05, 4.69) is 13.5 Å². The van der Waals surface area contributed by atoms with Crippen molar-refractivity contribution in [3.8, 4) is 0 Å². The molecule has 0 amide bonds. The zero-order valence-corrected chi connectivity index (χ0v) is 20.5. The number of carbonyl (C=O) groups is 2. The van der Waals surface area contributed by atoms with E-state index in [0.717, 1.165) is 18.4 Å². The van der Waals surface area contributed by atoms with E-state index in [1.807, 2.05) is 44.2 Å². The number of hydrogen-bond donors (Lipinski definition) is 0. The van der Waals surface area contributed by atoms with Gasteiger partial charge in [0.15, 0.2) is 0 Å². The number of rotatable bonds is 16. The van der Waals surface area contributed by atoms with E-state index in [1.54, 1.807) is 6.08 Å². The Balaban J connectivity index is 0.000000604. The summed E-state index contributed by atoms with van der Waals surface area (Å²) < 4.78 is 10.0. The van der Waals surface area contributed by atoms with Crippen LogP contribution >= 0.6 is 0 Å². The van der Waals surface area contributed by atoms with Gasteiger partial charge in [-0.25, -0.2) is 9.59 Å². The van der Waals surface area contributed by atoms with Gasteiger partial charge in [0.25, 0.3) is 0 Å². The Morgan fingerprint density at radius 2 is 1.44 bits per heavy atom. The molecule has 0 fully saturated rings. The van der Waals surface area contributed by atoms with Crippen LogP contribution in [0.3, 0.4) is 0 Å². The van der Waals surface area contributed by atoms with Crippen molar-refractivity contribution in [2.24, 2.45) is 0 Å². The summed E-state index contributed by atoms with van der Waals surface area (Å²) in [5.74, 6) is -0.589. The largest absolute Gasteiger partial charge is 0.463 e. The van der Waals surface area contributed by atoms with Crippen LogP contribution in [0.25, 0.3) is 6.08 Å². The molecule has 32 heavy (non-hydrogen) atoms. The first-order chi connectivity index (χ1) is 15.5. The number of carbonyl (C=O) groups excluding carboxylic acids is 2. The molecule has 4 nitrogen and oxygen atoms in total. The minimum absolute atomic E-state index is 0.0158. The molecular formula is C28H44O4. The summed E-state index contributed by atoms with van der Waals surface area (Å²) in [6.45, 7) is 10.0. The molecule has 0 spiro atoms. The van der Waals surface area contributed by atoms with Gasteiger partial charge in [0, 0.05) is 12.2 Å². The summed E-state index contributed by atoms with van der Waals surface area (Å²) in [6.07, 6.45) is 18.2. The number of benzene rings is 1. The molecule has 0 aliphatic carbocycles. The van der Waals surface area contributed by atoms with Crippen LogP contribution in [-0.4, -0.2) is 24.6 Å². The number of unbranched alkanes of at least 4 members (excludes halogenated alkanes) is 9. The average Bonchev–Trinajstić information content (AvgIpc) is 2.82. The Hall–Kier alpha value is -2.36. The number of esters is 2. The van der Waals surface area contributed by atoms with E-state index in [-0.39, 0.29) is 18.0 Å².